The topological polar surface area (TPSA) is 49.2 Å². The second-order valence-corrected chi connectivity index (χ2v) is 5.26. The van der Waals surface area contributed by atoms with Crippen LogP contribution >= 0.6 is 0 Å². The van der Waals surface area contributed by atoms with Crippen molar-refractivity contribution in [2.45, 2.75) is 37.8 Å². The average molecular weight is 257 g/mol. The molecule has 1 aromatic carbocycles. The van der Waals surface area contributed by atoms with Gasteiger partial charge in [-0.15, -0.1) is 0 Å². The summed E-state index contributed by atoms with van der Waals surface area (Å²) < 4.78 is 0. The summed E-state index contributed by atoms with van der Waals surface area (Å²) in [5.74, 6) is 0.699. The molecule has 1 saturated carbocycles. The zero-order valence-electron chi connectivity index (χ0n) is 11.2. The van der Waals surface area contributed by atoms with Gasteiger partial charge in [0.05, 0.1) is 17.7 Å². The van der Waals surface area contributed by atoms with Gasteiger partial charge in [-0.05, 0) is 18.9 Å². The lowest BCUT2D eigenvalue weighted by molar-refractivity contribution is 0.105. The predicted molar refractivity (Wildman–Crippen MR) is 76.2 cm³/mol. The van der Waals surface area contributed by atoms with E-state index in [1.54, 1.807) is 0 Å². The van der Waals surface area contributed by atoms with Crippen molar-refractivity contribution in [3.8, 4) is 0 Å². The fourth-order valence-electron chi connectivity index (χ4n) is 2.82. The van der Waals surface area contributed by atoms with Crippen LogP contribution in [-0.4, -0.2) is 34.3 Å². The zero-order valence-corrected chi connectivity index (χ0v) is 11.2. The highest BCUT2D eigenvalue weighted by Crippen LogP contribution is 2.25. The summed E-state index contributed by atoms with van der Waals surface area (Å²) in [4.78, 5) is 11.0. The molecule has 2 atom stereocenters. The third-order valence-corrected chi connectivity index (χ3v) is 3.98. The highest BCUT2D eigenvalue weighted by molar-refractivity contribution is 5.78. The van der Waals surface area contributed by atoms with Crippen LogP contribution in [0.5, 0.6) is 0 Å². The standard InChI is InChI=1S/C15H19N3O/c1-18(13-8-4-5-9-14(13)19)15-16-10-11-6-2-3-7-12(11)17-15/h2-3,6-7,10,13-14,19H,4-5,8-9H2,1H3. The maximum absolute atomic E-state index is 10.1. The number of benzene rings is 1. The van der Waals surface area contributed by atoms with Crippen molar-refractivity contribution in [2.24, 2.45) is 0 Å². The van der Waals surface area contributed by atoms with Crippen molar-refractivity contribution in [1.29, 1.82) is 0 Å². The highest BCUT2D eigenvalue weighted by Gasteiger charge is 2.27. The van der Waals surface area contributed by atoms with Gasteiger partial charge in [0.1, 0.15) is 0 Å². The molecule has 1 fully saturated rings. The van der Waals surface area contributed by atoms with E-state index in [1.165, 1.54) is 6.42 Å². The quantitative estimate of drug-likeness (QED) is 0.897. The molecule has 4 nitrogen and oxygen atoms in total. The summed E-state index contributed by atoms with van der Waals surface area (Å²) in [5.41, 5.74) is 0.949. The number of fused-ring (bicyclic) bond motifs is 1. The zero-order chi connectivity index (χ0) is 13.2. The number of hydrogen-bond donors (Lipinski definition) is 1. The lowest BCUT2D eigenvalue weighted by Crippen LogP contribution is -2.44. The number of aliphatic hydroxyl groups is 1. The Balaban J connectivity index is 1.90. The molecule has 3 rings (SSSR count). The number of para-hydroxylation sites is 1. The van der Waals surface area contributed by atoms with Crippen LogP contribution < -0.4 is 4.90 Å². The Morgan fingerprint density at radius 3 is 2.84 bits per heavy atom. The molecule has 0 amide bonds. The van der Waals surface area contributed by atoms with Crippen LogP contribution in [0, 0.1) is 0 Å². The molecular formula is C15H19N3O. The van der Waals surface area contributed by atoms with Gasteiger partial charge >= 0.3 is 0 Å². The maximum atomic E-state index is 10.1. The number of hydrogen-bond acceptors (Lipinski definition) is 4. The molecule has 0 saturated heterocycles. The molecule has 0 radical (unpaired) electrons. The van der Waals surface area contributed by atoms with Crippen LogP contribution in [-0.2, 0) is 0 Å². The van der Waals surface area contributed by atoms with E-state index in [4.69, 9.17) is 0 Å². The fourth-order valence-corrected chi connectivity index (χ4v) is 2.82. The van der Waals surface area contributed by atoms with E-state index in [1.807, 2.05) is 42.4 Å². The van der Waals surface area contributed by atoms with E-state index in [9.17, 15) is 5.11 Å². The Bertz CT molecular complexity index is 572. The molecule has 1 aliphatic rings. The molecule has 2 aromatic rings. The van der Waals surface area contributed by atoms with Crippen LogP contribution in [0.2, 0.25) is 0 Å². The second-order valence-electron chi connectivity index (χ2n) is 5.26. The second kappa shape index (κ2) is 5.13. The minimum Gasteiger partial charge on any atom is -0.391 e. The maximum Gasteiger partial charge on any atom is 0.225 e. The first-order chi connectivity index (χ1) is 9.25. The molecule has 4 heteroatoms. The lowest BCUT2D eigenvalue weighted by Gasteiger charge is -2.35. The fraction of sp³-hybridized carbons (Fsp3) is 0.467. The van der Waals surface area contributed by atoms with Crippen LogP contribution in [0.15, 0.2) is 30.5 Å². The van der Waals surface area contributed by atoms with Gasteiger partial charge in [0.2, 0.25) is 5.95 Å². The minimum absolute atomic E-state index is 0.134. The van der Waals surface area contributed by atoms with Gasteiger partial charge in [-0.25, -0.2) is 9.97 Å². The predicted octanol–water partition coefficient (Wildman–Crippen LogP) is 2.37. The van der Waals surface area contributed by atoms with Gasteiger partial charge < -0.3 is 10.0 Å². The van der Waals surface area contributed by atoms with Crippen molar-refractivity contribution < 1.29 is 5.11 Å². The summed E-state index contributed by atoms with van der Waals surface area (Å²) in [6, 6.07) is 8.10. The van der Waals surface area contributed by atoms with E-state index in [2.05, 4.69) is 9.97 Å². The molecule has 100 valence electrons. The number of aromatic nitrogens is 2. The summed E-state index contributed by atoms with van der Waals surface area (Å²) >= 11 is 0. The minimum atomic E-state index is -0.270. The van der Waals surface area contributed by atoms with E-state index in [-0.39, 0.29) is 12.1 Å². The van der Waals surface area contributed by atoms with Crippen LogP contribution in [0.3, 0.4) is 0 Å². The molecule has 1 heterocycles. The van der Waals surface area contributed by atoms with E-state index < -0.39 is 0 Å². The monoisotopic (exact) mass is 257 g/mol. The first kappa shape index (κ1) is 12.4. The number of nitrogens with zero attached hydrogens (tertiary/aromatic N) is 3. The first-order valence-electron chi connectivity index (χ1n) is 6.88. The van der Waals surface area contributed by atoms with Gasteiger partial charge in [-0.2, -0.15) is 0 Å². The lowest BCUT2D eigenvalue weighted by atomic mass is 9.92. The van der Waals surface area contributed by atoms with Crippen molar-refractivity contribution in [3.05, 3.63) is 30.5 Å². The molecule has 0 spiro atoms. The summed E-state index contributed by atoms with van der Waals surface area (Å²) in [7, 11) is 1.98. The van der Waals surface area contributed by atoms with Gasteiger partial charge in [-0.3, -0.25) is 0 Å². The normalized spacial score (nSPS) is 23.5. The van der Waals surface area contributed by atoms with Gasteiger partial charge in [-0.1, -0.05) is 31.0 Å². The third-order valence-electron chi connectivity index (χ3n) is 3.98. The average Bonchev–Trinajstić information content (AvgIpc) is 2.46. The number of rotatable bonds is 2. The number of anilines is 1. The third kappa shape index (κ3) is 2.40. The molecule has 1 aliphatic carbocycles. The smallest absolute Gasteiger partial charge is 0.225 e. The van der Waals surface area contributed by atoms with Gasteiger partial charge in [0.25, 0.3) is 0 Å². The Morgan fingerprint density at radius 2 is 2.00 bits per heavy atom. The largest absolute Gasteiger partial charge is 0.391 e. The Labute approximate surface area is 113 Å². The van der Waals surface area contributed by atoms with E-state index >= 15 is 0 Å². The van der Waals surface area contributed by atoms with Crippen molar-refractivity contribution >= 4 is 16.9 Å². The summed E-state index contributed by atoms with van der Waals surface area (Å²) in [6.07, 6.45) is 5.75. The Kier molecular flexibility index (Phi) is 3.34. The molecule has 0 bridgehead atoms. The molecule has 19 heavy (non-hydrogen) atoms. The van der Waals surface area contributed by atoms with E-state index in [0.717, 1.165) is 30.2 Å². The Hall–Kier alpha value is -1.68. The molecule has 2 unspecified atom stereocenters. The summed E-state index contributed by atoms with van der Waals surface area (Å²) in [6.45, 7) is 0. The number of aliphatic hydroxyl groups excluding tert-OH is 1. The van der Waals surface area contributed by atoms with Crippen LogP contribution in [0.25, 0.3) is 10.9 Å². The first-order valence-corrected chi connectivity index (χ1v) is 6.88. The molecular weight excluding hydrogens is 238 g/mol. The van der Waals surface area contributed by atoms with Crippen molar-refractivity contribution in [3.63, 3.8) is 0 Å². The number of likely N-dealkylation sites (N-methyl/N-ethyl adjacent to an activating group) is 1. The molecule has 0 aliphatic heterocycles. The van der Waals surface area contributed by atoms with Crippen molar-refractivity contribution in [1.82, 2.24) is 9.97 Å². The summed E-state index contributed by atoms with van der Waals surface area (Å²) in [5, 5.41) is 11.2. The van der Waals surface area contributed by atoms with Gasteiger partial charge in [0, 0.05) is 18.6 Å². The van der Waals surface area contributed by atoms with Crippen LogP contribution in [0.1, 0.15) is 25.7 Å². The highest BCUT2D eigenvalue weighted by atomic mass is 16.3. The van der Waals surface area contributed by atoms with Crippen LogP contribution in [0.4, 0.5) is 5.95 Å². The Morgan fingerprint density at radius 1 is 1.21 bits per heavy atom. The molecule has 1 N–H and O–H groups in total. The van der Waals surface area contributed by atoms with Gasteiger partial charge in [0.15, 0.2) is 0 Å². The SMILES string of the molecule is CN(c1ncc2ccccc2n1)C1CCCCC1O. The van der Waals surface area contributed by atoms with Crippen molar-refractivity contribution in [2.75, 3.05) is 11.9 Å². The van der Waals surface area contributed by atoms with E-state index in [0.29, 0.717) is 5.95 Å². The molecule has 1 aromatic heterocycles.